The third-order valence-electron chi connectivity index (χ3n) is 7.34. The van der Waals surface area contributed by atoms with E-state index in [0.717, 1.165) is 19.3 Å². The number of hydrogen-bond acceptors (Lipinski definition) is 2. The highest BCUT2D eigenvalue weighted by Crippen LogP contribution is 2.60. The molecule has 26 heavy (non-hydrogen) atoms. The maximum atomic E-state index is 13.2. The Morgan fingerprint density at radius 2 is 1.38 bits per heavy atom. The molecule has 4 bridgehead atoms. The van der Waals surface area contributed by atoms with E-state index in [-0.39, 0.29) is 18.7 Å². The zero-order chi connectivity index (χ0) is 18.5. The molecule has 5 rings (SSSR count). The highest BCUT2D eigenvalue weighted by atomic mass is 19.4. The molecule has 5 fully saturated rings. The lowest BCUT2D eigenvalue weighted by Gasteiger charge is -2.55. The molecule has 146 valence electrons. The standard InChI is InChI=1S/C19H27F3N2O2/c20-19(21,22)15-4-2-1-3-14(15)16(25)23-24-17(26)18-8-11-5-12(9-18)7-13(6-11)10-18/h11-15H,1-10H2,(H,23,25)(H,24,26)/t11?,12?,13?,14-,15-,18?/m0/s1. The normalized spacial score (nSPS) is 41.7. The van der Waals surface area contributed by atoms with Crippen molar-refractivity contribution in [1.82, 2.24) is 10.9 Å². The summed E-state index contributed by atoms with van der Waals surface area (Å²) in [6, 6.07) is 0. The van der Waals surface area contributed by atoms with Gasteiger partial charge in [-0.3, -0.25) is 20.4 Å². The van der Waals surface area contributed by atoms with Gasteiger partial charge in [0.2, 0.25) is 11.8 Å². The minimum atomic E-state index is -4.37. The van der Waals surface area contributed by atoms with Crippen LogP contribution in [-0.4, -0.2) is 18.0 Å². The van der Waals surface area contributed by atoms with E-state index in [4.69, 9.17) is 0 Å². The van der Waals surface area contributed by atoms with Crippen LogP contribution in [0.4, 0.5) is 13.2 Å². The average molecular weight is 372 g/mol. The minimum Gasteiger partial charge on any atom is -0.273 e. The van der Waals surface area contributed by atoms with Gasteiger partial charge in [-0.15, -0.1) is 0 Å². The quantitative estimate of drug-likeness (QED) is 0.726. The molecule has 0 heterocycles. The number of hydrogen-bond donors (Lipinski definition) is 2. The summed E-state index contributed by atoms with van der Waals surface area (Å²) >= 11 is 0. The van der Waals surface area contributed by atoms with Gasteiger partial charge in [-0.25, -0.2) is 0 Å². The zero-order valence-corrected chi connectivity index (χ0v) is 14.9. The van der Waals surface area contributed by atoms with Gasteiger partial charge in [-0.05, 0) is 69.1 Å². The number of alkyl halides is 3. The summed E-state index contributed by atoms with van der Waals surface area (Å²) in [6.07, 6.45) is 3.14. The predicted molar refractivity (Wildman–Crippen MR) is 88.4 cm³/mol. The molecule has 5 aliphatic rings. The van der Waals surface area contributed by atoms with Crippen molar-refractivity contribution in [3.63, 3.8) is 0 Å². The number of rotatable bonds is 2. The second kappa shape index (κ2) is 6.41. The lowest BCUT2D eigenvalue weighted by molar-refractivity contribution is -0.198. The molecule has 0 unspecified atom stereocenters. The van der Waals surface area contributed by atoms with Gasteiger partial charge in [-0.1, -0.05) is 12.8 Å². The van der Waals surface area contributed by atoms with Gasteiger partial charge in [0.05, 0.1) is 17.3 Å². The Kier molecular flexibility index (Phi) is 4.47. The van der Waals surface area contributed by atoms with Crippen LogP contribution in [0.3, 0.4) is 0 Å². The number of carbonyl (C=O) groups is 2. The molecule has 0 aliphatic heterocycles. The van der Waals surface area contributed by atoms with Gasteiger partial charge in [0.25, 0.3) is 0 Å². The van der Waals surface area contributed by atoms with Crippen LogP contribution >= 0.6 is 0 Å². The molecule has 5 saturated carbocycles. The maximum Gasteiger partial charge on any atom is 0.392 e. The largest absolute Gasteiger partial charge is 0.392 e. The van der Waals surface area contributed by atoms with Gasteiger partial charge in [-0.2, -0.15) is 13.2 Å². The molecule has 0 spiro atoms. The Morgan fingerprint density at radius 3 is 1.92 bits per heavy atom. The van der Waals surface area contributed by atoms with Crippen molar-refractivity contribution in [1.29, 1.82) is 0 Å². The predicted octanol–water partition coefficient (Wildman–Crippen LogP) is 3.72. The number of amides is 2. The molecule has 2 amide bonds. The first-order valence-corrected chi connectivity index (χ1v) is 9.94. The lowest BCUT2D eigenvalue weighted by Crippen LogP contribution is -2.58. The highest BCUT2D eigenvalue weighted by Gasteiger charge is 2.55. The van der Waals surface area contributed by atoms with Crippen molar-refractivity contribution in [2.75, 3.05) is 0 Å². The van der Waals surface area contributed by atoms with Crippen LogP contribution in [0.2, 0.25) is 0 Å². The van der Waals surface area contributed by atoms with Gasteiger partial charge >= 0.3 is 6.18 Å². The van der Waals surface area contributed by atoms with Crippen LogP contribution < -0.4 is 10.9 Å². The molecule has 0 aromatic heterocycles. The third kappa shape index (κ3) is 3.22. The molecular weight excluding hydrogens is 345 g/mol. The van der Waals surface area contributed by atoms with Crippen LogP contribution in [0, 0.1) is 35.0 Å². The Hall–Kier alpha value is -1.27. The van der Waals surface area contributed by atoms with Gasteiger partial charge < -0.3 is 0 Å². The smallest absolute Gasteiger partial charge is 0.273 e. The van der Waals surface area contributed by atoms with E-state index in [9.17, 15) is 22.8 Å². The maximum absolute atomic E-state index is 13.2. The fourth-order valence-electron chi connectivity index (χ4n) is 6.57. The van der Waals surface area contributed by atoms with Crippen molar-refractivity contribution in [3.8, 4) is 0 Å². The Balaban J connectivity index is 1.37. The van der Waals surface area contributed by atoms with E-state index in [0.29, 0.717) is 30.6 Å². The van der Waals surface area contributed by atoms with Crippen LogP contribution in [0.1, 0.15) is 64.2 Å². The summed E-state index contributed by atoms with van der Waals surface area (Å²) < 4.78 is 39.6. The molecule has 0 radical (unpaired) electrons. The van der Waals surface area contributed by atoms with Crippen molar-refractivity contribution in [2.24, 2.45) is 35.0 Å². The first kappa shape index (κ1) is 18.1. The number of carbonyl (C=O) groups excluding carboxylic acids is 2. The molecular formula is C19H27F3N2O2. The first-order valence-electron chi connectivity index (χ1n) is 9.94. The average Bonchev–Trinajstić information content (AvgIpc) is 2.57. The van der Waals surface area contributed by atoms with Crippen molar-refractivity contribution >= 4 is 11.8 Å². The lowest BCUT2D eigenvalue weighted by atomic mass is 9.49. The molecule has 7 heteroatoms. The highest BCUT2D eigenvalue weighted by molar-refractivity contribution is 5.87. The number of nitrogens with one attached hydrogen (secondary N) is 2. The summed E-state index contributed by atoms with van der Waals surface area (Å²) in [4.78, 5) is 25.2. The van der Waals surface area contributed by atoms with Crippen LogP contribution in [0.25, 0.3) is 0 Å². The van der Waals surface area contributed by atoms with E-state index in [2.05, 4.69) is 10.9 Å². The number of halogens is 3. The van der Waals surface area contributed by atoms with Gasteiger partial charge in [0, 0.05) is 0 Å². The van der Waals surface area contributed by atoms with E-state index >= 15 is 0 Å². The van der Waals surface area contributed by atoms with E-state index in [1.54, 1.807) is 0 Å². The van der Waals surface area contributed by atoms with E-state index < -0.39 is 29.3 Å². The monoisotopic (exact) mass is 372 g/mol. The Bertz CT molecular complexity index is 555. The number of hydrazine groups is 1. The summed E-state index contributed by atoms with van der Waals surface area (Å²) in [5.41, 5.74) is 4.43. The Labute approximate surface area is 151 Å². The van der Waals surface area contributed by atoms with E-state index in [1.165, 1.54) is 19.3 Å². The second-order valence-electron chi connectivity index (χ2n) is 9.18. The molecule has 2 N–H and O–H groups in total. The van der Waals surface area contributed by atoms with Gasteiger partial charge in [0.1, 0.15) is 0 Å². The molecule has 0 saturated heterocycles. The van der Waals surface area contributed by atoms with Crippen LogP contribution in [0.15, 0.2) is 0 Å². The summed E-state index contributed by atoms with van der Waals surface area (Å²) in [7, 11) is 0. The molecule has 0 aromatic carbocycles. The molecule has 4 nitrogen and oxygen atoms in total. The minimum absolute atomic E-state index is 0.00941. The van der Waals surface area contributed by atoms with Gasteiger partial charge in [0.15, 0.2) is 0 Å². The zero-order valence-electron chi connectivity index (χ0n) is 14.9. The molecule has 0 aromatic rings. The second-order valence-corrected chi connectivity index (χ2v) is 9.18. The van der Waals surface area contributed by atoms with Crippen molar-refractivity contribution in [3.05, 3.63) is 0 Å². The van der Waals surface area contributed by atoms with Crippen molar-refractivity contribution < 1.29 is 22.8 Å². The van der Waals surface area contributed by atoms with Crippen LogP contribution in [0.5, 0.6) is 0 Å². The SMILES string of the molecule is O=C(NNC(=O)C12CC3CC(CC(C3)C1)C2)[C@H]1CCCC[C@@H]1C(F)(F)F. The van der Waals surface area contributed by atoms with Crippen molar-refractivity contribution in [2.45, 2.75) is 70.4 Å². The fourth-order valence-corrected chi connectivity index (χ4v) is 6.57. The summed E-state index contributed by atoms with van der Waals surface area (Å²) in [5, 5.41) is 0. The summed E-state index contributed by atoms with van der Waals surface area (Å²) in [6.45, 7) is 0. The fraction of sp³-hybridized carbons (Fsp3) is 0.895. The summed E-state index contributed by atoms with van der Waals surface area (Å²) in [5.74, 6) is -1.80. The molecule has 5 aliphatic carbocycles. The Morgan fingerprint density at radius 1 is 0.846 bits per heavy atom. The van der Waals surface area contributed by atoms with E-state index in [1.807, 2.05) is 0 Å². The third-order valence-corrected chi connectivity index (χ3v) is 7.34. The van der Waals surface area contributed by atoms with Crippen LogP contribution in [-0.2, 0) is 9.59 Å². The topological polar surface area (TPSA) is 58.2 Å². The molecule has 2 atom stereocenters. The first-order chi connectivity index (χ1) is 12.3.